The van der Waals surface area contributed by atoms with Crippen molar-refractivity contribution in [2.75, 3.05) is 19.0 Å². The van der Waals surface area contributed by atoms with E-state index in [1.165, 1.54) is 10.6 Å². The molecule has 0 spiro atoms. The van der Waals surface area contributed by atoms with Gasteiger partial charge in [0.1, 0.15) is 5.75 Å². The first-order chi connectivity index (χ1) is 14.3. The number of aromatic nitrogens is 1. The van der Waals surface area contributed by atoms with E-state index >= 15 is 0 Å². The van der Waals surface area contributed by atoms with Crippen LogP contribution >= 0.6 is 0 Å². The summed E-state index contributed by atoms with van der Waals surface area (Å²) in [6.07, 6.45) is 2.49. The summed E-state index contributed by atoms with van der Waals surface area (Å²) in [5.41, 5.74) is 2.82. The molecule has 0 aliphatic carbocycles. The summed E-state index contributed by atoms with van der Waals surface area (Å²) in [7, 11) is 1.58. The molecule has 1 heterocycles. The number of benzene rings is 1. The van der Waals surface area contributed by atoms with E-state index in [1.807, 2.05) is 12.1 Å². The van der Waals surface area contributed by atoms with Gasteiger partial charge in [-0.15, -0.1) is 0 Å². The number of amides is 1. The highest BCUT2D eigenvalue weighted by atomic mass is 16.5. The number of carbonyl (C=O) groups is 1. The van der Waals surface area contributed by atoms with Gasteiger partial charge in [-0.1, -0.05) is 53.7 Å². The Morgan fingerprint density at radius 3 is 2.16 bits per heavy atom. The van der Waals surface area contributed by atoms with Crippen LogP contribution in [0.3, 0.4) is 0 Å². The van der Waals surface area contributed by atoms with Crippen LogP contribution in [-0.2, 0) is 33.3 Å². The molecule has 6 nitrogen and oxygen atoms in total. The Balaban J connectivity index is 2.17. The zero-order chi connectivity index (χ0) is 23.4. The van der Waals surface area contributed by atoms with Crippen molar-refractivity contribution in [3.63, 3.8) is 0 Å². The molecule has 1 aromatic carbocycles. The van der Waals surface area contributed by atoms with Gasteiger partial charge in [0, 0.05) is 32.3 Å². The van der Waals surface area contributed by atoms with Crippen LogP contribution in [0, 0.1) is 0 Å². The van der Waals surface area contributed by atoms with Crippen molar-refractivity contribution < 1.29 is 14.6 Å². The predicted octanol–water partition coefficient (Wildman–Crippen LogP) is 4.37. The Morgan fingerprint density at radius 2 is 1.65 bits per heavy atom. The molecule has 2 N–H and O–H groups in total. The van der Waals surface area contributed by atoms with Crippen LogP contribution in [0.15, 0.2) is 35.3 Å². The fourth-order valence-corrected chi connectivity index (χ4v) is 3.43. The maximum atomic E-state index is 12.6. The van der Waals surface area contributed by atoms with Crippen molar-refractivity contribution >= 4 is 11.6 Å². The summed E-state index contributed by atoms with van der Waals surface area (Å²) in [5.74, 6) is 0.214. The number of phenols is 1. The Bertz CT molecular complexity index is 943. The van der Waals surface area contributed by atoms with Gasteiger partial charge in [0.15, 0.2) is 0 Å². The van der Waals surface area contributed by atoms with Gasteiger partial charge in [0.2, 0.25) is 5.91 Å². The molecule has 0 unspecified atom stereocenters. The zero-order valence-corrected chi connectivity index (χ0v) is 19.8. The van der Waals surface area contributed by atoms with E-state index in [2.05, 4.69) is 46.9 Å². The number of phenolic OH excluding ortho intramolecular Hbond substituents is 1. The number of ether oxygens (including phenoxy) is 1. The Labute approximate surface area is 185 Å². The van der Waals surface area contributed by atoms with E-state index < -0.39 is 0 Å². The van der Waals surface area contributed by atoms with E-state index in [-0.39, 0.29) is 22.3 Å². The lowest BCUT2D eigenvalue weighted by Gasteiger charge is -2.28. The lowest BCUT2D eigenvalue weighted by molar-refractivity contribution is -0.116. The minimum absolute atomic E-state index is 0.125. The summed E-state index contributed by atoms with van der Waals surface area (Å²) in [5, 5.41) is 13.7. The smallest absolute Gasteiger partial charge is 0.250 e. The third kappa shape index (κ3) is 6.69. The molecule has 1 aromatic heterocycles. The molecule has 0 saturated carbocycles. The molecule has 0 saturated heterocycles. The average Bonchev–Trinajstić information content (AvgIpc) is 2.65. The molecule has 1 amide bonds. The number of pyridine rings is 1. The number of nitrogens with one attached hydrogen (secondary N) is 1. The molecule has 0 atom stereocenters. The topological polar surface area (TPSA) is 80.6 Å². The Hall–Kier alpha value is -2.60. The van der Waals surface area contributed by atoms with Crippen LogP contribution in [-0.4, -0.2) is 29.3 Å². The molecule has 0 bridgehead atoms. The molecule has 6 heteroatoms. The van der Waals surface area contributed by atoms with Crippen LogP contribution in [0.5, 0.6) is 5.75 Å². The molecule has 0 aliphatic heterocycles. The normalized spacial score (nSPS) is 12.1. The molecule has 0 radical (unpaired) electrons. The number of aryl methyl sites for hydroxylation is 1. The predicted molar refractivity (Wildman–Crippen MR) is 125 cm³/mol. The number of anilines is 1. The number of hydrogen-bond donors (Lipinski definition) is 2. The number of methoxy groups -OCH3 is 1. The summed E-state index contributed by atoms with van der Waals surface area (Å²) >= 11 is 0. The largest absolute Gasteiger partial charge is 0.507 e. The first kappa shape index (κ1) is 24.7. The molecule has 31 heavy (non-hydrogen) atoms. The zero-order valence-electron chi connectivity index (χ0n) is 19.8. The minimum atomic E-state index is -0.210. The van der Waals surface area contributed by atoms with Crippen molar-refractivity contribution in [1.82, 2.24) is 4.57 Å². The van der Waals surface area contributed by atoms with Crippen LogP contribution in [0.4, 0.5) is 5.69 Å². The second-order valence-corrected chi connectivity index (χ2v) is 10.0. The highest BCUT2D eigenvalue weighted by molar-refractivity contribution is 5.90. The first-order valence-corrected chi connectivity index (χ1v) is 10.7. The third-order valence-corrected chi connectivity index (χ3v) is 5.23. The van der Waals surface area contributed by atoms with Crippen LogP contribution in [0.2, 0.25) is 0 Å². The SMILES string of the molecule is COCCn1cc(NC(=O)CCc2cc(C(C)(C)C)c(O)c(C(C)(C)C)c2)ccc1=O. The van der Waals surface area contributed by atoms with Gasteiger partial charge in [-0.25, -0.2) is 0 Å². The van der Waals surface area contributed by atoms with Crippen molar-refractivity contribution in [3.8, 4) is 5.75 Å². The maximum absolute atomic E-state index is 12.6. The Morgan fingerprint density at radius 1 is 1.06 bits per heavy atom. The average molecular weight is 429 g/mol. The van der Waals surface area contributed by atoms with E-state index in [9.17, 15) is 14.7 Å². The van der Waals surface area contributed by atoms with Gasteiger partial charge in [0.25, 0.3) is 5.56 Å². The number of carbonyl (C=O) groups excluding carboxylic acids is 1. The number of rotatable bonds is 7. The number of hydrogen-bond acceptors (Lipinski definition) is 4. The third-order valence-electron chi connectivity index (χ3n) is 5.23. The van der Waals surface area contributed by atoms with Crippen molar-refractivity contribution in [2.24, 2.45) is 0 Å². The second kappa shape index (κ2) is 9.69. The highest BCUT2D eigenvalue weighted by Gasteiger charge is 2.26. The number of aromatic hydroxyl groups is 1. The van der Waals surface area contributed by atoms with Crippen LogP contribution in [0.25, 0.3) is 0 Å². The fraction of sp³-hybridized carbons (Fsp3) is 0.520. The summed E-state index contributed by atoms with van der Waals surface area (Å²) in [6.45, 7) is 13.3. The van der Waals surface area contributed by atoms with Gasteiger partial charge in [-0.05, 0) is 40.0 Å². The molecular formula is C25H36N2O4. The molecule has 2 aromatic rings. The highest BCUT2D eigenvalue weighted by Crippen LogP contribution is 2.40. The summed E-state index contributed by atoms with van der Waals surface area (Å²) < 4.78 is 6.54. The quantitative estimate of drug-likeness (QED) is 0.686. The van der Waals surface area contributed by atoms with Gasteiger partial charge in [-0.3, -0.25) is 9.59 Å². The van der Waals surface area contributed by atoms with Crippen LogP contribution in [0.1, 0.15) is 64.7 Å². The fourth-order valence-electron chi connectivity index (χ4n) is 3.43. The minimum Gasteiger partial charge on any atom is -0.507 e. The van der Waals surface area contributed by atoms with Gasteiger partial charge in [0.05, 0.1) is 12.3 Å². The van der Waals surface area contributed by atoms with E-state index in [0.717, 1.165) is 16.7 Å². The second-order valence-electron chi connectivity index (χ2n) is 10.0. The summed E-state index contributed by atoms with van der Waals surface area (Å²) in [4.78, 5) is 24.5. The van der Waals surface area contributed by atoms with E-state index in [1.54, 1.807) is 19.4 Å². The van der Waals surface area contributed by atoms with Crippen molar-refractivity contribution in [1.29, 1.82) is 0 Å². The first-order valence-electron chi connectivity index (χ1n) is 10.7. The Kier molecular flexibility index (Phi) is 7.71. The van der Waals surface area contributed by atoms with E-state index in [0.29, 0.717) is 37.4 Å². The molecular weight excluding hydrogens is 392 g/mol. The number of nitrogens with zero attached hydrogens (tertiary/aromatic N) is 1. The molecule has 2 rings (SSSR count). The van der Waals surface area contributed by atoms with Crippen molar-refractivity contribution in [3.05, 3.63) is 57.5 Å². The molecule has 170 valence electrons. The van der Waals surface area contributed by atoms with Gasteiger partial charge >= 0.3 is 0 Å². The lowest BCUT2D eigenvalue weighted by Crippen LogP contribution is -2.22. The molecule has 0 aliphatic rings. The van der Waals surface area contributed by atoms with Gasteiger partial charge < -0.3 is 19.7 Å². The molecule has 0 fully saturated rings. The monoisotopic (exact) mass is 428 g/mol. The lowest BCUT2D eigenvalue weighted by atomic mass is 9.78. The van der Waals surface area contributed by atoms with Gasteiger partial charge in [-0.2, -0.15) is 0 Å². The van der Waals surface area contributed by atoms with E-state index in [4.69, 9.17) is 4.74 Å². The standard InChI is InChI=1S/C25H36N2O4/c1-24(2,3)19-14-17(15-20(23(19)30)25(4,5)6)8-10-21(28)26-18-9-11-22(29)27(16-18)12-13-31-7/h9,11,14-16,30H,8,10,12-13H2,1-7H3,(H,26,28). The van der Waals surface area contributed by atoms with Crippen molar-refractivity contribution in [2.45, 2.75) is 71.8 Å². The maximum Gasteiger partial charge on any atom is 0.250 e. The summed E-state index contributed by atoms with van der Waals surface area (Å²) in [6, 6.07) is 7.06. The van der Waals surface area contributed by atoms with Crippen LogP contribution < -0.4 is 10.9 Å².